The summed E-state index contributed by atoms with van der Waals surface area (Å²) in [5.41, 5.74) is 4.68. The summed E-state index contributed by atoms with van der Waals surface area (Å²) in [5, 5.41) is 0. The van der Waals surface area contributed by atoms with Crippen LogP contribution in [0.5, 0.6) is 23.0 Å². The zero-order valence-electron chi connectivity index (χ0n) is 18.5. The first-order valence-electron chi connectivity index (χ1n) is 9.44. The van der Waals surface area contributed by atoms with Gasteiger partial charge in [-0.2, -0.15) is 0 Å². The van der Waals surface area contributed by atoms with Crippen LogP contribution in [0.3, 0.4) is 0 Å². The first kappa shape index (κ1) is 21.1. The molecule has 0 N–H and O–H groups in total. The van der Waals surface area contributed by atoms with Crippen molar-refractivity contribution in [2.45, 2.75) is 66.2 Å². The zero-order chi connectivity index (χ0) is 20.6. The molecule has 3 heteroatoms. The predicted molar refractivity (Wildman–Crippen MR) is 113 cm³/mol. The van der Waals surface area contributed by atoms with E-state index in [0.29, 0.717) is 0 Å². The fourth-order valence-electron chi connectivity index (χ4n) is 3.45. The number of hydrogen-bond acceptors (Lipinski definition) is 3. The van der Waals surface area contributed by atoms with Crippen molar-refractivity contribution in [2.24, 2.45) is 0 Å². The van der Waals surface area contributed by atoms with Gasteiger partial charge in [-0.05, 0) is 59.1 Å². The minimum absolute atomic E-state index is 0.00325. The highest BCUT2D eigenvalue weighted by molar-refractivity contribution is 5.54. The third-order valence-corrected chi connectivity index (χ3v) is 4.97. The van der Waals surface area contributed by atoms with Gasteiger partial charge in [-0.3, -0.25) is 0 Å². The molecule has 0 aliphatic rings. The second-order valence-electron chi connectivity index (χ2n) is 9.20. The normalized spacial score (nSPS) is 12.1. The van der Waals surface area contributed by atoms with Crippen molar-refractivity contribution in [1.82, 2.24) is 0 Å². The van der Waals surface area contributed by atoms with E-state index >= 15 is 0 Å². The Balaban J connectivity index is 2.64. The van der Waals surface area contributed by atoms with Gasteiger partial charge in [0.2, 0.25) is 0 Å². The average Bonchev–Trinajstić information content (AvgIpc) is 2.56. The smallest absolute Gasteiger partial charge is 0.134 e. The SMILES string of the molecule is COc1cc(Oc2cc(OC)cc(C(C)(C)C)c2C)c(C)c(C(C)(C)C)c1. The Morgan fingerprint density at radius 3 is 1.19 bits per heavy atom. The highest BCUT2D eigenvalue weighted by Gasteiger charge is 2.23. The Morgan fingerprint density at radius 2 is 0.926 bits per heavy atom. The molecule has 27 heavy (non-hydrogen) atoms. The lowest BCUT2D eigenvalue weighted by Gasteiger charge is -2.26. The maximum atomic E-state index is 6.44. The van der Waals surface area contributed by atoms with Crippen molar-refractivity contribution in [1.29, 1.82) is 0 Å². The number of rotatable bonds is 4. The van der Waals surface area contributed by atoms with E-state index in [1.54, 1.807) is 14.2 Å². The van der Waals surface area contributed by atoms with Crippen LogP contribution < -0.4 is 14.2 Å². The summed E-state index contributed by atoms with van der Waals surface area (Å²) in [6.45, 7) is 17.4. The first-order chi connectivity index (χ1) is 12.4. The third-order valence-electron chi connectivity index (χ3n) is 4.97. The molecule has 0 atom stereocenters. The quantitative estimate of drug-likeness (QED) is 0.599. The van der Waals surface area contributed by atoms with Gasteiger partial charge in [0.05, 0.1) is 14.2 Å². The molecule has 0 saturated heterocycles. The van der Waals surface area contributed by atoms with E-state index < -0.39 is 0 Å². The van der Waals surface area contributed by atoms with E-state index in [1.807, 2.05) is 12.1 Å². The van der Waals surface area contributed by atoms with Gasteiger partial charge >= 0.3 is 0 Å². The summed E-state index contributed by atoms with van der Waals surface area (Å²) in [4.78, 5) is 0. The lowest BCUT2D eigenvalue weighted by molar-refractivity contribution is 0.398. The summed E-state index contributed by atoms with van der Waals surface area (Å²) >= 11 is 0. The summed E-state index contributed by atoms with van der Waals surface area (Å²) in [5.74, 6) is 3.24. The molecule has 2 aromatic carbocycles. The molecule has 0 aliphatic heterocycles. The van der Waals surface area contributed by atoms with Gasteiger partial charge in [0.25, 0.3) is 0 Å². The maximum Gasteiger partial charge on any atom is 0.134 e. The highest BCUT2D eigenvalue weighted by atomic mass is 16.5. The zero-order valence-corrected chi connectivity index (χ0v) is 18.5. The standard InChI is InChI=1S/C24H34O3/c1-15-19(23(3,4)5)11-17(25-9)13-21(15)27-22-14-18(26-10)12-20(16(22)2)24(6,7)8/h11-14H,1-10H3. The van der Waals surface area contributed by atoms with Crippen LogP contribution in [-0.4, -0.2) is 14.2 Å². The molecule has 3 nitrogen and oxygen atoms in total. The predicted octanol–water partition coefficient (Wildman–Crippen LogP) is 6.71. The van der Waals surface area contributed by atoms with Crippen molar-refractivity contribution < 1.29 is 14.2 Å². The molecule has 148 valence electrons. The average molecular weight is 371 g/mol. The fourth-order valence-corrected chi connectivity index (χ4v) is 3.45. The van der Waals surface area contributed by atoms with Gasteiger partial charge in [0, 0.05) is 12.1 Å². The van der Waals surface area contributed by atoms with Crippen LogP contribution in [0.2, 0.25) is 0 Å². The first-order valence-corrected chi connectivity index (χ1v) is 9.44. The molecule has 0 saturated carbocycles. The van der Waals surface area contributed by atoms with Crippen molar-refractivity contribution in [3.8, 4) is 23.0 Å². The molecule has 0 radical (unpaired) electrons. The summed E-state index contributed by atoms with van der Waals surface area (Å²) < 4.78 is 17.5. The van der Waals surface area contributed by atoms with Gasteiger partial charge < -0.3 is 14.2 Å². The number of ether oxygens (including phenoxy) is 3. The third kappa shape index (κ3) is 4.58. The van der Waals surface area contributed by atoms with Crippen LogP contribution in [0.25, 0.3) is 0 Å². The highest BCUT2D eigenvalue weighted by Crippen LogP contribution is 2.41. The Bertz CT molecular complexity index is 751. The van der Waals surface area contributed by atoms with Crippen LogP contribution >= 0.6 is 0 Å². The summed E-state index contributed by atoms with van der Waals surface area (Å²) in [6, 6.07) is 8.11. The van der Waals surface area contributed by atoms with Crippen molar-refractivity contribution in [3.63, 3.8) is 0 Å². The summed E-state index contributed by atoms with van der Waals surface area (Å²) in [7, 11) is 3.38. The fraction of sp³-hybridized carbons (Fsp3) is 0.500. The van der Waals surface area contributed by atoms with E-state index in [-0.39, 0.29) is 10.8 Å². The van der Waals surface area contributed by atoms with Crippen LogP contribution in [0.1, 0.15) is 63.8 Å². The molecule has 2 rings (SSSR count). The molecular formula is C24H34O3. The molecule has 0 spiro atoms. The van der Waals surface area contributed by atoms with E-state index in [4.69, 9.17) is 14.2 Å². The van der Waals surface area contributed by atoms with E-state index in [9.17, 15) is 0 Å². The Morgan fingerprint density at radius 1 is 0.593 bits per heavy atom. The van der Waals surface area contributed by atoms with Crippen molar-refractivity contribution in [2.75, 3.05) is 14.2 Å². The van der Waals surface area contributed by atoms with Crippen molar-refractivity contribution >= 4 is 0 Å². The number of methoxy groups -OCH3 is 2. The lowest BCUT2D eigenvalue weighted by atomic mass is 9.83. The molecule has 0 heterocycles. The van der Waals surface area contributed by atoms with Gasteiger partial charge in [-0.25, -0.2) is 0 Å². The largest absolute Gasteiger partial charge is 0.497 e. The van der Waals surface area contributed by atoms with Crippen LogP contribution in [0.15, 0.2) is 24.3 Å². The monoisotopic (exact) mass is 370 g/mol. The van der Waals surface area contributed by atoms with Gasteiger partial charge in [0.15, 0.2) is 0 Å². The lowest BCUT2D eigenvalue weighted by Crippen LogP contribution is -2.15. The minimum atomic E-state index is -0.00325. The molecule has 0 aromatic heterocycles. The van der Waals surface area contributed by atoms with Gasteiger partial charge in [0.1, 0.15) is 23.0 Å². The second kappa shape index (κ2) is 7.46. The number of hydrogen-bond donors (Lipinski definition) is 0. The Hall–Kier alpha value is -2.16. The van der Waals surface area contributed by atoms with Gasteiger partial charge in [-0.1, -0.05) is 41.5 Å². The van der Waals surface area contributed by atoms with Crippen LogP contribution in [0, 0.1) is 13.8 Å². The molecule has 2 aromatic rings. The molecule has 0 unspecified atom stereocenters. The molecular weight excluding hydrogens is 336 g/mol. The Labute approximate surface area is 164 Å². The van der Waals surface area contributed by atoms with Crippen molar-refractivity contribution in [3.05, 3.63) is 46.5 Å². The molecule has 0 amide bonds. The maximum absolute atomic E-state index is 6.44. The molecule has 0 fully saturated rings. The Kier molecular flexibility index (Phi) is 5.84. The van der Waals surface area contributed by atoms with E-state index in [2.05, 4.69) is 67.5 Å². The topological polar surface area (TPSA) is 27.7 Å². The van der Waals surface area contributed by atoms with E-state index in [1.165, 1.54) is 11.1 Å². The van der Waals surface area contributed by atoms with Gasteiger partial charge in [-0.15, -0.1) is 0 Å². The molecule has 0 aliphatic carbocycles. The second-order valence-corrected chi connectivity index (χ2v) is 9.20. The van der Waals surface area contributed by atoms with Crippen LogP contribution in [-0.2, 0) is 10.8 Å². The number of benzene rings is 2. The minimum Gasteiger partial charge on any atom is -0.497 e. The summed E-state index contributed by atoms with van der Waals surface area (Å²) in [6.07, 6.45) is 0. The van der Waals surface area contributed by atoms with Crippen LogP contribution in [0.4, 0.5) is 0 Å². The van der Waals surface area contributed by atoms with E-state index in [0.717, 1.165) is 34.1 Å². The molecule has 0 bridgehead atoms.